The molecule has 0 spiro atoms. The second-order valence-electron chi connectivity index (χ2n) is 5.11. The van der Waals surface area contributed by atoms with Gasteiger partial charge in [-0.1, -0.05) is 47.5 Å². The quantitative estimate of drug-likeness (QED) is 0.870. The van der Waals surface area contributed by atoms with Gasteiger partial charge < -0.3 is 10.6 Å². The van der Waals surface area contributed by atoms with Gasteiger partial charge in [0.15, 0.2) is 0 Å². The summed E-state index contributed by atoms with van der Waals surface area (Å²) in [6, 6.07) is 13.9. The van der Waals surface area contributed by atoms with Crippen LogP contribution in [-0.4, -0.2) is 6.03 Å². The molecule has 104 valence electrons. The Hall–Kier alpha value is -2.29. The van der Waals surface area contributed by atoms with E-state index in [0.717, 1.165) is 16.8 Å². The van der Waals surface area contributed by atoms with Crippen molar-refractivity contribution < 1.29 is 4.79 Å². The van der Waals surface area contributed by atoms with Gasteiger partial charge in [0.2, 0.25) is 0 Å². The Morgan fingerprint density at radius 2 is 1.60 bits per heavy atom. The van der Waals surface area contributed by atoms with E-state index in [4.69, 9.17) is 0 Å². The predicted molar refractivity (Wildman–Crippen MR) is 83.0 cm³/mol. The van der Waals surface area contributed by atoms with Crippen molar-refractivity contribution in [2.45, 2.75) is 27.3 Å². The van der Waals surface area contributed by atoms with E-state index in [-0.39, 0.29) is 6.03 Å². The van der Waals surface area contributed by atoms with E-state index in [1.54, 1.807) is 0 Å². The Labute approximate surface area is 120 Å². The molecule has 0 unspecified atom stereocenters. The van der Waals surface area contributed by atoms with E-state index in [1.807, 2.05) is 57.2 Å². The molecule has 2 rings (SSSR count). The molecule has 0 bridgehead atoms. The summed E-state index contributed by atoms with van der Waals surface area (Å²) in [6.07, 6.45) is 0. The lowest BCUT2D eigenvalue weighted by molar-refractivity contribution is 0.251. The Morgan fingerprint density at radius 3 is 2.25 bits per heavy atom. The molecule has 0 atom stereocenters. The van der Waals surface area contributed by atoms with Crippen LogP contribution in [0.25, 0.3) is 0 Å². The van der Waals surface area contributed by atoms with Gasteiger partial charge in [-0.05, 0) is 38.0 Å². The van der Waals surface area contributed by atoms with E-state index < -0.39 is 0 Å². The zero-order chi connectivity index (χ0) is 14.5. The number of carbonyl (C=O) groups is 1. The van der Waals surface area contributed by atoms with Gasteiger partial charge in [0.25, 0.3) is 0 Å². The normalized spacial score (nSPS) is 10.2. The highest BCUT2D eigenvalue weighted by molar-refractivity contribution is 5.90. The van der Waals surface area contributed by atoms with Crippen molar-refractivity contribution in [1.29, 1.82) is 0 Å². The number of urea groups is 1. The summed E-state index contributed by atoms with van der Waals surface area (Å²) in [5.74, 6) is 0. The SMILES string of the molecule is Cc1ccc(CNC(=O)Nc2ccc(C)cc2C)cc1. The number of aryl methyl sites for hydroxylation is 3. The molecular formula is C17H20N2O. The fourth-order valence-corrected chi connectivity index (χ4v) is 2.01. The maximum atomic E-state index is 11.9. The first-order chi connectivity index (χ1) is 9.54. The molecule has 2 amide bonds. The van der Waals surface area contributed by atoms with Crippen molar-refractivity contribution in [2.24, 2.45) is 0 Å². The van der Waals surface area contributed by atoms with Crippen LogP contribution < -0.4 is 10.6 Å². The maximum Gasteiger partial charge on any atom is 0.319 e. The third-order valence-corrected chi connectivity index (χ3v) is 3.20. The van der Waals surface area contributed by atoms with E-state index in [1.165, 1.54) is 11.1 Å². The molecule has 0 aliphatic rings. The molecule has 0 fully saturated rings. The van der Waals surface area contributed by atoms with Crippen molar-refractivity contribution in [3.05, 3.63) is 64.7 Å². The second kappa shape index (κ2) is 6.24. The van der Waals surface area contributed by atoms with Gasteiger partial charge in [-0.3, -0.25) is 0 Å². The first-order valence-corrected chi connectivity index (χ1v) is 6.72. The smallest absolute Gasteiger partial charge is 0.319 e. The van der Waals surface area contributed by atoms with Crippen LogP contribution in [0.5, 0.6) is 0 Å². The first-order valence-electron chi connectivity index (χ1n) is 6.72. The van der Waals surface area contributed by atoms with Crippen molar-refractivity contribution in [2.75, 3.05) is 5.32 Å². The maximum absolute atomic E-state index is 11.9. The molecule has 3 heteroatoms. The number of nitrogens with one attached hydrogen (secondary N) is 2. The van der Waals surface area contributed by atoms with Crippen molar-refractivity contribution in [3.63, 3.8) is 0 Å². The summed E-state index contributed by atoms with van der Waals surface area (Å²) in [4.78, 5) is 11.9. The standard InChI is InChI=1S/C17H20N2O/c1-12-4-7-15(8-5-12)11-18-17(20)19-16-9-6-13(2)10-14(16)3/h4-10H,11H2,1-3H3,(H2,18,19,20). The number of rotatable bonds is 3. The molecule has 2 aromatic carbocycles. The third-order valence-electron chi connectivity index (χ3n) is 3.20. The minimum Gasteiger partial charge on any atom is -0.334 e. The number of benzene rings is 2. The molecule has 0 aliphatic heterocycles. The Kier molecular flexibility index (Phi) is 4.41. The van der Waals surface area contributed by atoms with E-state index in [0.29, 0.717) is 6.54 Å². The highest BCUT2D eigenvalue weighted by Gasteiger charge is 2.04. The molecule has 0 saturated heterocycles. The Bertz CT molecular complexity index is 603. The lowest BCUT2D eigenvalue weighted by Crippen LogP contribution is -2.28. The highest BCUT2D eigenvalue weighted by atomic mass is 16.2. The molecule has 0 radical (unpaired) electrons. The third kappa shape index (κ3) is 3.85. The van der Waals surface area contributed by atoms with Crippen LogP contribution in [0, 0.1) is 20.8 Å². The van der Waals surface area contributed by atoms with Gasteiger partial charge in [0.05, 0.1) is 0 Å². The van der Waals surface area contributed by atoms with Crippen LogP contribution >= 0.6 is 0 Å². The summed E-state index contributed by atoms with van der Waals surface area (Å²) in [6.45, 7) is 6.60. The van der Waals surface area contributed by atoms with Gasteiger partial charge in [0.1, 0.15) is 0 Å². The summed E-state index contributed by atoms with van der Waals surface area (Å²) in [5.41, 5.74) is 5.40. The topological polar surface area (TPSA) is 41.1 Å². The summed E-state index contributed by atoms with van der Waals surface area (Å²) >= 11 is 0. The van der Waals surface area contributed by atoms with Gasteiger partial charge in [-0.2, -0.15) is 0 Å². The number of amides is 2. The van der Waals surface area contributed by atoms with E-state index in [2.05, 4.69) is 16.7 Å². The van der Waals surface area contributed by atoms with Crippen LogP contribution in [-0.2, 0) is 6.54 Å². The van der Waals surface area contributed by atoms with Crippen LogP contribution in [0.2, 0.25) is 0 Å². The lowest BCUT2D eigenvalue weighted by atomic mass is 10.1. The van der Waals surface area contributed by atoms with Crippen LogP contribution in [0.4, 0.5) is 10.5 Å². The Balaban J connectivity index is 1.90. The fourth-order valence-electron chi connectivity index (χ4n) is 2.01. The molecule has 0 aliphatic carbocycles. The van der Waals surface area contributed by atoms with Gasteiger partial charge in [0, 0.05) is 12.2 Å². The van der Waals surface area contributed by atoms with Crippen LogP contribution in [0.15, 0.2) is 42.5 Å². The molecule has 0 saturated carbocycles. The molecule has 2 N–H and O–H groups in total. The van der Waals surface area contributed by atoms with Crippen LogP contribution in [0.3, 0.4) is 0 Å². The molecule has 0 heterocycles. The summed E-state index contributed by atoms with van der Waals surface area (Å²) in [5, 5.41) is 5.73. The predicted octanol–water partition coefficient (Wildman–Crippen LogP) is 3.93. The number of hydrogen-bond donors (Lipinski definition) is 2. The van der Waals surface area contributed by atoms with Gasteiger partial charge >= 0.3 is 6.03 Å². The van der Waals surface area contributed by atoms with Crippen molar-refractivity contribution >= 4 is 11.7 Å². The number of anilines is 1. The first kappa shape index (κ1) is 14.1. The molecule has 0 aromatic heterocycles. The van der Waals surface area contributed by atoms with Crippen LogP contribution in [0.1, 0.15) is 22.3 Å². The van der Waals surface area contributed by atoms with E-state index in [9.17, 15) is 4.79 Å². The lowest BCUT2D eigenvalue weighted by Gasteiger charge is -2.10. The van der Waals surface area contributed by atoms with Crippen molar-refractivity contribution in [1.82, 2.24) is 5.32 Å². The largest absolute Gasteiger partial charge is 0.334 e. The fraction of sp³-hybridized carbons (Fsp3) is 0.235. The van der Waals surface area contributed by atoms with Crippen molar-refractivity contribution in [3.8, 4) is 0 Å². The van der Waals surface area contributed by atoms with E-state index >= 15 is 0 Å². The second-order valence-corrected chi connectivity index (χ2v) is 5.11. The number of hydrogen-bond acceptors (Lipinski definition) is 1. The molecule has 3 nitrogen and oxygen atoms in total. The average molecular weight is 268 g/mol. The highest BCUT2D eigenvalue weighted by Crippen LogP contribution is 2.15. The summed E-state index contributed by atoms with van der Waals surface area (Å²) in [7, 11) is 0. The minimum absolute atomic E-state index is 0.183. The summed E-state index contributed by atoms with van der Waals surface area (Å²) < 4.78 is 0. The minimum atomic E-state index is -0.183. The average Bonchev–Trinajstić information content (AvgIpc) is 2.41. The monoisotopic (exact) mass is 268 g/mol. The zero-order valence-electron chi connectivity index (χ0n) is 12.2. The number of carbonyl (C=O) groups excluding carboxylic acids is 1. The van der Waals surface area contributed by atoms with Gasteiger partial charge in [-0.15, -0.1) is 0 Å². The Morgan fingerprint density at radius 1 is 0.950 bits per heavy atom. The molecule has 20 heavy (non-hydrogen) atoms. The molecular weight excluding hydrogens is 248 g/mol. The zero-order valence-corrected chi connectivity index (χ0v) is 12.2. The van der Waals surface area contributed by atoms with Gasteiger partial charge in [-0.25, -0.2) is 4.79 Å². The molecule has 2 aromatic rings.